The van der Waals surface area contributed by atoms with Gasteiger partial charge in [-0.25, -0.2) is 9.78 Å². The molecule has 5 heteroatoms. The van der Waals surface area contributed by atoms with Crippen LogP contribution in [0.15, 0.2) is 48.5 Å². The third kappa shape index (κ3) is 2.76. The number of aromatic carboxylic acids is 1. The van der Waals surface area contributed by atoms with Crippen molar-refractivity contribution in [3.05, 3.63) is 57.7 Å². The highest BCUT2D eigenvalue weighted by molar-refractivity contribution is 14.1. The quantitative estimate of drug-likeness (QED) is 0.664. The van der Waals surface area contributed by atoms with Gasteiger partial charge in [-0.2, -0.15) is 0 Å². The Hall–Kier alpha value is -2.15. The molecule has 0 unspecified atom stereocenters. The van der Waals surface area contributed by atoms with Gasteiger partial charge < -0.3 is 9.84 Å². The van der Waals surface area contributed by atoms with Crippen LogP contribution in [0.5, 0.6) is 5.75 Å². The molecule has 3 aromatic rings. The fourth-order valence-electron chi connectivity index (χ4n) is 2.28. The Bertz CT molecular complexity index is 860. The predicted octanol–water partition coefficient (Wildman–Crippen LogP) is 4.21. The molecule has 3 rings (SSSR count). The number of aromatic nitrogens is 1. The third-order valence-corrected chi connectivity index (χ3v) is 4.06. The number of carbonyl (C=O) groups is 1. The lowest BCUT2D eigenvalue weighted by Gasteiger charge is -2.08. The fraction of sp³-hybridized carbons (Fsp3) is 0.0588. The third-order valence-electron chi connectivity index (χ3n) is 3.39. The van der Waals surface area contributed by atoms with E-state index in [0.717, 1.165) is 14.9 Å². The summed E-state index contributed by atoms with van der Waals surface area (Å²) < 4.78 is 6.11. The molecule has 0 spiro atoms. The zero-order chi connectivity index (χ0) is 15.7. The number of halogens is 1. The number of rotatable bonds is 3. The second kappa shape index (κ2) is 5.92. The summed E-state index contributed by atoms with van der Waals surface area (Å²) in [5.74, 6) is -0.207. The van der Waals surface area contributed by atoms with Crippen molar-refractivity contribution in [3.63, 3.8) is 0 Å². The van der Waals surface area contributed by atoms with Gasteiger partial charge in [0.05, 0.1) is 23.9 Å². The summed E-state index contributed by atoms with van der Waals surface area (Å²) in [7, 11) is 1.60. The van der Waals surface area contributed by atoms with Crippen LogP contribution >= 0.6 is 22.6 Å². The van der Waals surface area contributed by atoms with E-state index in [-0.39, 0.29) is 5.56 Å². The lowest BCUT2D eigenvalue weighted by molar-refractivity contribution is 0.0699. The molecule has 0 bridgehead atoms. The van der Waals surface area contributed by atoms with Gasteiger partial charge in [-0.1, -0.05) is 0 Å². The summed E-state index contributed by atoms with van der Waals surface area (Å²) in [4.78, 5) is 16.1. The molecule has 2 aromatic carbocycles. The maximum Gasteiger partial charge on any atom is 0.336 e. The molecule has 110 valence electrons. The predicted molar refractivity (Wildman–Crippen MR) is 93.4 cm³/mol. The van der Waals surface area contributed by atoms with Crippen molar-refractivity contribution in [1.82, 2.24) is 4.98 Å². The van der Waals surface area contributed by atoms with Crippen molar-refractivity contribution in [2.75, 3.05) is 7.11 Å². The monoisotopic (exact) mass is 405 g/mol. The number of fused-ring (bicyclic) bond motifs is 1. The normalized spacial score (nSPS) is 10.6. The second-order valence-corrected chi connectivity index (χ2v) is 6.00. The molecule has 0 aliphatic heterocycles. The first-order chi connectivity index (χ1) is 10.6. The molecule has 0 atom stereocenters. The first-order valence-corrected chi connectivity index (χ1v) is 7.64. The molecule has 0 radical (unpaired) electrons. The molecular weight excluding hydrogens is 393 g/mol. The highest BCUT2D eigenvalue weighted by Crippen LogP contribution is 2.27. The minimum absolute atomic E-state index is 0.259. The van der Waals surface area contributed by atoms with E-state index in [1.54, 1.807) is 13.2 Å². The molecule has 0 saturated heterocycles. The van der Waals surface area contributed by atoms with E-state index in [0.29, 0.717) is 16.6 Å². The van der Waals surface area contributed by atoms with Crippen LogP contribution in [0.1, 0.15) is 10.4 Å². The Morgan fingerprint density at radius 3 is 2.50 bits per heavy atom. The van der Waals surface area contributed by atoms with Gasteiger partial charge in [0.2, 0.25) is 0 Å². The van der Waals surface area contributed by atoms with E-state index in [1.165, 1.54) is 0 Å². The molecule has 0 aliphatic carbocycles. The van der Waals surface area contributed by atoms with Gasteiger partial charge in [-0.15, -0.1) is 0 Å². The topological polar surface area (TPSA) is 59.4 Å². The fourth-order valence-corrected chi connectivity index (χ4v) is 2.78. The molecule has 4 nitrogen and oxygen atoms in total. The summed E-state index contributed by atoms with van der Waals surface area (Å²) in [5, 5.41) is 10.1. The molecule has 1 aromatic heterocycles. The van der Waals surface area contributed by atoms with Gasteiger partial charge in [-0.05, 0) is 71.1 Å². The molecule has 1 N–H and O–H groups in total. The minimum atomic E-state index is -0.954. The Labute approximate surface area is 140 Å². The van der Waals surface area contributed by atoms with E-state index in [1.807, 2.05) is 42.5 Å². The number of methoxy groups -OCH3 is 1. The average molecular weight is 405 g/mol. The van der Waals surface area contributed by atoms with Crippen molar-refractivity contribution in [2.24, 2.45) is 0 Å². The molecule has 22 heavy (non-hydrogen) atoms. The van der Waals surface area contributed by atoms with Crippen LogP contribution in [0.3, 0.4) is 0 Å². The van der Waals surface area contributed by atoms with Crippen LogP contribution in [0.4, 0.5) is 0 Å². The SMILES string of the molecule is COc1ccc(-c2cc(C(=O)O)c3cc(I)ccc3n2)cc1. The smallest absolute Gasteiger partial charge is 0.336 e. The molecular formula is C17H12INO3. The second-order valence-electron chi connectivity index (χ2n) is 4.75. The maximum atomic E-state index is 11.6. The van der Waals surface area contributed by atoms with Gasteiger partial charge in [0.1, 0.15) is 5.75 Å². The van der Waals surface area contributed by atoms with Crippen LogP contribution < -0.4 is 4.74 Å². The standard InChI is InChI=1S/C17H12INO3/c1-22-12-5-2-10(3-6-12)16-9-14(17(20)21)13-8-11(18)4-7-15(13)19-16/h2-9H,1H3,(H,20,21). The highest BCUT2D eigenvalue weighted by Gasteiger charge is 2.13. The minimum Gasteiger partial charge on any atom is -0.497 e. The van der Waals surface area contributed by atoms with E-state index < -0.39 is 5.97 Å². The Morgan fingerprint density at radius 2 is 1.86 bits per heavy atom. The number of benzene rings is 2. The van der Waals surface area contributed by atoms with Crippen molar-refractivity contribution in [3.8, 4) is 17.0 Å². The number of ether oxygens (including phenoxy) is 1. The van der Waals surface area contributed by atoms with E-state index in [4.69, 9.17) is 4.74 Å². The van der Waals surface area contributed by atoms with Gasteiger partial charge in [0, 0.05) is 14.5 Å². The van der Waals surface area contributed by atoms with Crippen LogP contribution in [-0.2, 0) is 0 Å². The summed E-state index contributed by atoms with van der Waals surface area (Å²) in [6.45, 7) is 0. The van der Waals surface area contributed by atoms with E-state index >= 15 is 0 Å². The number of pyridine rings is 1. The Morgan fingerprint density at radius 1 is 1.14 bits per heavy atom. The molecule has 0 amide bonds. The first kappa shape index (κ1) is 14.8. The maximum absolute atomic E-state index is 11.6. The Kier molecular flexibility index (Phi) is 3.98. The van der Waals surface area contributed by atoms with Crippen LogP contribution in [-0.4, -0.2) is 23.2 Å². The summed E-state index contributed by atoms with van der Waals surface area (Å²) in [6.07, 6.45) is 0. The van der Waals surface area contributed by atoms with Crippen LogP contribution in [0.2, 0.25) is 0 Å². The van der Waals surface area contributed by atoms with Gasteiger partial charge in [0.25, 0.3) is 0 Å². The number of carboxylic acid groups (broad SMARTS) is 1. The first-order valence-electron chi connectivity index (χ1n) is 6.56. The number of carboxylic acids is 1. The Balaban J connectivity index is 2.21. The summed E-state index contributed by atoms with van der Waals surface area (Å²) in [6, 6.07) is 14.6. The highest BCUT2D eigenvalue weighted by atomic mass is 127. The van der Waals surface area contributed by atoms with E-state index in [2.05, 4.69) is 27.6 Å². The number of hydrogen-bond donors (Lipinski definition) is 1. The van der Waals surface area contributed by atoms with Crippen molar-refractivity contribution < 1.29 is 14.6 Å². The largest absolute Gasteiger partial charge is 0.497 e. The lowest BCUT2D eigenvalue weighted by Crippen LogP contribution is -2.00. The van der Waals surface area contributed by atoms with Gasteiger partial charge in [-0.3, -0.25) is 0 Å². The molecule has 0 saturated carbocycles. The van der Waals surface area contributed by atoms with Crippen LogP contribution in [0.25, 0.3) is 22.2 Å². The summed E-state index contributed by atoms with van der Waals surface area (Å²) >= 11 is 2.16. The number of hydrogen-bond acceptors (Lipinski definition) is 3. The van der Waals surface area contributed by atoms with Gasteiger partial charge >= 0.3 is 5.97 Å². The zero-order valence-electron chi connectivity index (χ0n) is 11.7. The summed E-state index contributed by atoms with van der Waals surface area (Å²) in [5.41, 5.74) is 2.41. The van der Waals surface area contributed by atoms with Crippen molar-refractivity contribution >= 4 is 39.5 Å². The molecule has 0 fully saturated rings. The lowest BCUT2D eigenvalue weighted by atomic mass is 10.0. The molecule has 0 aliphatic rings. The van der Waals surface area contributed by atoms with Crippen molar-refractivity contribution in [2.45, 2.75) is 0 Å². The number of nitrogens with zero attached hydrogens (tertiary/aromatic N) is 1. The zero-order valence-corrected chi connectivity index (χ0v) is 13.9. The molecule has 1 heterocycles. The van der Waals surface area contributed by atoms with Crippen molar-refractivity contribution in [1.29, 1.82) is 0 Å². The van der Waals surface area contributed by atoms with Gasteiger partial charge in [0.15, 0.2) is 0 Å². The van der Waals surface area contributed by atoms with E-state index in [9.17, 15) is 9.90 Å². The average Bonchev–Trinajstić information content (AvgIpc) is 2.53. The van der Waals surface area contributed by atoms with Crippen LogP contribution in [0, 0.1) is 3.57 Å².